The third-order valence-corrected chi connectivity index (χ3v) is 7.74. The first-order valence-electron chi connectivity index (χ1n) is 13.6. The van der Waals surface area contributed by atoms with Crippen molar-refractivity contribution in [3.8, 4) is 0 Å². The van der Waals surface area contributed by atoms with Gasteiger partial charge in [0.15, 0.2) is 5.82 Å². The maximum atomic E-state index is 16.0. The van der Waals surface area contributed by atoms with Crippen LogP contribution in [0.3, 0.4) is 0 Å². The molecule has 0 saturated heterocycles. The molecule has 0 radical (unpaired) electrons. The third kappa shape index (κ3) is 6.00. The number of nitrogens with zero attached hydrogens (tertiary/aromatic N) is 3. The average Bonchev–Trinajstić information content (AvgIpc) is 3.60. The summed E-state index contributed by atoms with van der Waals surface area (Å²) in [6.45, 7) is 5.79. The zero-order valence-electron chi connectivity index (χ0n) is 23.6. The predicted molar refractivity (Wildman–Crippen MR) is 147 cm³/mol. The van der Waals surface area contributed by atoms with Gasteiger partial charge in [0.2, 0.25) is 0 Å². The topological polar surface area (TPSA) is 141 Å². The van der Waals surface area contributed by atoms with E-state index in [0.717, 1.165) is 31.2 Å². The number of carbonyl (C=O) groups is 2. The lowest BCUT2D eigenvalue weighted by atomic mass is 9.79. The van der Waals surface area contributed by atoms with E-state index in [0.29, 0.717) is 40.5 Å². The van der Waals surface area contributed by atoms with Gasteiger partial charge in [0, 0.05) is 31.3 Å². The van der Waals surface area contributed by atoms with Crippen molar-refractivity contribution in [3.05, 3.63) is 64.7 Å². The Morgan fingerprint density at radius 3 is 2.65 bits per heavy atom. The summed E-state index contributed by atoms with van der Waals surface area (Å²) in [5.41, 5.74) is 3.27. The number of fused-ring (bicyclic) bond motifs is 1. The van der Waals surface area contributed by atoms with Crippen LogP contribution in [0.15, 0.2) is 40.8 Å². The average molecular weight is 554 g/mol. The lowest BCUT2D eigenvalue weighted by Gasteiger charge is -2.32. The molecule has 214 valence electrons. The molecule has 40 heavy (non-hydrogen) atoms. The Balaban J connectivity index is 1.76. The van der Waals surface area contributed by atoms with Crippen LogP contribution in [0.5, 0.6) is 0 Å². The number of likely N-dealkylation sites (N-methyl/N-ethyl adjacent to an activating group) is 1. The number of halogens is 1. The van der Waals surface area contributed by atoms with Crippen molar-refractivity contribution in [1.29, 1.82) is 0 Å². The molecule has 2 aromatic heterocycles. The van der Waals surface area contributed by atoms with Gasteiger partial charge in [0.1, 0.15) is 29.4 Å². The molecule has 0 bridgehead atoms. The molecule has 0 spiro atoms. The molecule has 1 atom stereocenters. The SMILES string of the molecule is CCc1nocc1C(=O)N[C@H](c1nc2c(F)c(/C(C)=C(/C=C\[NH2+]O)C(=O)N(C)C)ccc2[nH]1)C1CCC(C)CC1. The first kappa shape index (κ1) is 29.2. The molecule has 1 saturated carbocycles. The van der Waals surface area contributed by atoms with Crippen LogP contribution in [0, 0.1) is 17.7 Å². The number of aromatic amines is 1. The second-order valence-electron chi connectivity index (χ2n) is 10.7. The van der Waals surface area contributed by atoms with Gasteiger partial charge < -0.3 is 19.7 Å². The zero-order valence-corrected chi connectivity index (χ0v) is 23.6. The number of nitrogens with one attached hydrogen (secondary N) is 2. The summed E-state index contributed by atoms with van der Waals surface area (Å²) in [5.74, 6) is 0.0131. The number of carbonyl (C=O) groups excluding carboxylic acids is 2. The number of hydrogen-bond acceptors (Lipinski definition) is 6. The minimum atomic E-state index is -0.572. The molecule has 0 unspecified atom stereocenters. The summed E-state index contributed by atoms with van der Waals surface area (Å²) in [6, 6.07) is 2.87. The lowest BCUT2D eigenvalue weighted by Crippen LogP contribution is -2.73. The molecule has 2 amide bonds. The molecule has 1 fully saturated rings. The van der Waals surface area contributed by atoms with Crippen molar-refractivity contribution in [3.63, 3.8) is 0 Å². The minimum Gasteiger partial charge on any atom is -0.364 e. The van der Waals surface area contributed by atoms with E-state index in [1.165, 1.54) is 23.4 Å². The molecule has 4 rings (SSSR count). The fraction of sp³-hybridized carbons (Fsp3) is 0.448. The number of amides is 2. The second-order valence-corrected chi connectivity index (χ2v) is 10.7. The number of allylic oxidation sites excluding steroid dienone is 1. The molecular weight excluding hydrogens is 515 g/mol. The van der Waals surface area contributed by atoms with E-state index in [2.05, 4.69) is 27.4 Å². The van der Waals surface area contributed by atoms with Crippen molar-refractivity contribution in [1.82, 2.24) is 25.3 Å². The highest BCUT2D eigenvalue weighted by Crippen LogP contribution is 2.37. The molecule has 1 aliphatic carbocycles. The van der Waals surface area contributed by atoms with Crippen LogP contribution in [0.25, 0.3) is 16.6 Å². The minimum absolute atomic E-state index is 0.124. The highest BCUT2D eigenvalue weighted by Gasteiger charge is 2.32. The van der Waals surface area contributed by atoms with Crippen molar-refractivity contribution in [2.75, 3.05) is 14.1 Å². The van der Waals surface area contributed by atoms with Crippen LogP contribution in [-0.4, -0.2) is 51.1 Å². The molecule has 5 N–H and O–H groups in total. The summed E-state index contributed by atoms with van der Waals surface area (Å²) in [7, 11) is 3.21. The van der Waals surface area contributed by atoms with Crippen LogP contribution in [0.4, 0.5) is 4.39 Å². The fourth-order valence-electron chi connectivity index (χ4n) is 5.33. The fourth-order valence-corrected chi connectivity index (χ4v) is 5.33. The van der Waals surface area contributed by atoms with Gasteiger partial charge in [-0.05, 0) is 55.7 Å². The van der Waals surface area contributed by atoms with E-state index in [-0.39, 0.29) is 34.4 Å². The number of hydrogen-bond donors (Lipinski definition) is 4. The highest BCUT2D eigenvalue weighted by molar-refractivity contribution is 6.03. The van der Waals surface area contributed by atoms with E-state index < -0.39 is 11.9 Å². The van der Waals surface area contributed by atoms with Gasteiger partial charge in [-0.1, -0.05) is 31.8 Å². The number of hydroxylamine groups is 1. The van der Waals surface area contributed by atoms with Gasteiger partial charge in [-0.15, -0.1) is 0 Å². The van der Waals surface area contributed by atoms with Crippen LogP contribution >= 0.6 is 0 Å². The number of rotatable bonds is 9. The molecular formula is C29H38FN6O4+. The summed E-state index contributed by atoms with van der Waals surface area (Å²) in [4.78, 5) is 35.4. The number of quaternary nitrogens is 1. The van der Waals surface area contributed by atoms with Crippen molar-refractivity contribution in [2.24, 2.45) is 11.8 Å². The summed E-state index contributed by atoms with van der Waals surface area (Å²) < 4.78 is 21.0. The summed E-state index contributed by atoms with van der Waals surface area (Å²) in [6.07, 6.45) is 8.57. The zero-order chi connectivity index (χ0) is 29.0. The van der Waals surface area contributed by atoms with E-state index >= 15 is 4.39 Å². The quantitative estimate of drug-likeness (QED) is 0.180. The molecule has 11 heteroatoms. The molecule has 3 aromatic rings. The Morgan fingerprint density at radius 1 is 1.27 bits per heavy atom. The van der Waals surface area contributed by atoms with Crippen molar-refractivity contribution >= 4 is 28.4 Å². The van der Waals surface area contributed by atoms with Crippen LogP contribution in [-0.2, 0) is 11.2 Å². The van der Waals surface area contributed by atoms with Gasteiger partial charge in [0.25, 0.3) is 11.8 Å². The van der Waals surface area contributed by atoms with Crippen LogP contribution in [0.2, 0.25) is 0 Å². The smallest absolute Gasteiger partial charge is 0.257 e. The third-order valence-electron chi connectivity index (χ3n) is 7.74. The summed E-state index contributed by atoms with van der Waals surface area (Å²) in [5, 5.41) is 16.2. The maximum Gasteiger partial charge on any atom is 0.257 e. The number of aromatic nitrogens is 3. The highest BCUT2D eigenvalue weighted by atomic mass is 19.1. The molecule has 0 aliphatic heterocycles. The normalized spacial score (nSPS) is 19.1. The molecule has 1 aliphatic rings. The molecule has 1 aromatic carbocycles. The Morgan fingerprint density at radius 2 is 2.00 bits per heavy atom. The Bertz CT molecular complexity index is 1430. The number of imidazole rings is 1. The predicted octanol–water partition coefficient (Wildman–Crippen LogP) is 3.88. The molecule has 10 nitrogen and oxygen atoms in total. The van der Waals surface area contributed by atoms with Gasteiger partial charge in [-0.25, -0.2) is 14.6 Å². The van der Waals surface area contributed by atoms with Crippen LogP contribution in [0.1, 0.15) is 79.9 Å². The summed E-state index contributed by atoms with van der Waals surface area (Å²) >= 11 is 0. The Labute approximate surface area is 232 Å². The van der Waals surface area contributed by atoms with Crippen LogP contribution < -0.4 is 10.8 Å². The van der Waals surface area contributed by atoms with Crippen molar-refractivity contribution in [2.45, 2.75) is 58.9 Å². The van der Waals surface area contributed by atoms with E-state index in [1.807, 2.05) is 6.92 Å². The lowest BCUT2D eigenvalue weighted by molar-refractivity contribution is -0.838. The van der Waals surface area contributed by atoms with Gasteiger partial charge in [-0.3, -0.25) is 9.59 Å². The van der Waals surface area contributed by atoms with Crippen molar-refractivity contribution < 1.29 is 29.2 Å². The Kier molecular flexibility index (Phi) is 9.16. The monoisotopic (exact) mass is 553 g/mol. The van der Waals surface area contributed by atoms with Gasteiger partial charge in [-0.2, -0.15) is 5.48 Å². The largest absolute Gasteiger partial charge is 0.364 e. The standard InChI is InChI=1S/C29H37FN6O4/c1-6-22-21(15-40-35-22)28(37)34-25(18-9-7-16(2)8-10-18)27-32-23-12-11-19(24(30)26(23)33-27)17(3)20(13-14-31-39)29(38)36(4)5/h11-16,18,25,31,39H,6-10H2,1-5H3,(H,32,33)(H,34,37)/p+1/b14-13-,20-17-/t16?,18?,25-/m0/s1. The second kappa shape index (κ2) is 12.6. The number of nitrogens with two attached hydrogens (primary N) is 1. The van der Waals surface area contributed by atoms with E-state index in [1.54, 1.807) is 33.2 Å². The first-order valence-corrected chi connectivity index (χ1v) is 13.6. The maximum absolute atomic E-state index is 16.0. The van der Waals surface area contributed by atoms with E-state index in [4.69, 9.17) is 9.73 Å². The number of benzene rings is 1. The van der Waals surface area contributed by atoms with E-state index in [9.17, 15) is 9.59 Å². The number of aryl methyl sites for hydroxylation is 1. The number of H-pyrrole nitrogens is 1. The van der Waals surface area contributed by atoms with Gasteiger partial charge >= 0.3 is 0 Å². The van der Waals surface area contributed by atoms with Gasteiger partial charge in [0.05, 0.1) is 17.3 Å². The molecule has 2 heterocycles. The first-order chi connectivity index (χ1) is 19.2. The Hall–Kier alpha value is -3.83.